The fourth-order valence-corrected chi connectivity index (χ4v) is 3.91. The van der Waals surface area contributed by atoms with Gasteiger partial charge in [0.15, 0.2) is 10.8 Å². The van der Waals surface area contributed by atoms with Crippen molar-refractivity contribution in [1.82, 2.24) is 14.8 Å². The normalized spacial score (nSPS) is 20.9. The zero-order valence-electron chi connectivity index (χ0n) is 13.7. The summed E-state index contributed by atoms with van der Waals surface area (Å²) in [6.07, 6.45) is 3.03. The van der Waals surface area contributed by atoms with Gasteiger partial charge in [-0.2, -0.15) is 0 Å². The summed E-state index contributed by atoms with van der Waals surface area (Å²) in [6.45, 7) is 2.78. The van der Waals surface area contributed by atoms with E-state index in [2.05, 4.69) is 4.98 Å². The summed E-state index contributed by atoms with van der Waals surface area (Å²) < 4.78 is 10.8. The lowest BCUT2D eigenvalue weighted by atomic mass is 10.2. The van der Waals surface area contributed by atoms with Crippen LogP contribution in [-0.4, -0.2) is 65.5 Å². The number of hydrogen-bond acceptors (Lipinski definition) is 6. The molecule has 0 aliphatic carbocycles. The molecule has 2 saturated heterocycles. The van der Waals surface area contributed by atoms with Crippen molar-refractivity contribution in [3.8, 4) is 10.8 Å². The van der Waals surface area contributed by atoms with Crippen LogP contribution < -0.4 is 0 Å². The highest BCUT2D eigenvalue weighted by Crippen LogP contribution is 2.25. The Labute approximate surface area is 149 Å². The van der Waals surface area contributed by atoms with Crippen LogP contribution in [0.25, 0.3) is 10.8 Å². The molecule has 2 fully saturated rings. The molecule has 0 radical (unpaired) electrons. The van der Waals surface area contributed by atoms with E-state index >= 15 is 0 Å². The topological polar surface area (TPSA) is 75.9 Å². The lowest BCUT2D eigenvalue weighted by molar-refractivity contribution is -0.142. The summed E-state index contributed by atoms with van der Waals surface area (Å²) >= 11 is 1.39. The molecule has 0 spiro atoms. The third-order valence-electron chi connectivity index (χ3n) is 4.54. The van der Waals surface area contributed by atoms with Gasteiger partial charge in [-0.15, -0.1) is 11.3 Å². The Balaban J connectivity index is 1.36. The average Bonchev–Trinajstić information content (AvgIpc) is 3.42. The molecule has 0 saturated carbocycles. The van der Waals surface area contributed by atoms with Crippen LogP contribution in [0.1, 0.15) is 23.3 Å². The van der Waals surface area contributed by atoms with Crippen molar-refractivity contribution in [1.29, 1.82) is 0 Å². The van der Waals surface area contributed by atoms with Crippen molar-refractivity contribution >= 4 is 23.2 Å². The minimum absolute atomic E-state index is 0.0540. The molecular weight excluding hydrogens is 342 g/mol. The molecule has 25 heavy (non-hydrogen) atoms. The summed E-state index contributed by atoms with van der Waals surface area (Å²) in [5.41, 5.74) is 0.426. The molecule has 4 rings (SSSR count). The number of rotatable bonds is 3. The molecule has 0 unspecified atom stereocenters. The first-order valence-corrected chi connectivity index (χ1v) is 9.29. The smallest absolute Gasteiger partial charge is 0.273 e. The summed E-state index contributed by atoms with van der Waals surface area (Å²) in [5, 5.41) is 2.45. The van der Waals surface area contributed by atoms with Gasteiger partial charge in [0.05, 0.1) is 6.26 Å². The van der Waals surface area contributed by atoms with Crippen molar-refractivity contribution < 1.29 is 18.7 Å². The molecule has 132 valence electrons. The molecule has 2 amide bonds. The van der Waals surface area contributed by atoms with Crippen molar-refractivity contribution in [2.24, 2.45) is 0 Å². The zero-order valence-corrected chi connectivity index (χ0v) is 14.5. The molecule has 0 aromatic carbocycles. The maximum Gasteiger partial charge on any atom is 0.273 e. The van der Waals surface area contributed by atoms with Crippen molar-refractivity contribution in [2.75, 3.05) is 32.8 Å². The molecule has 0 bridgehead atoms. The fourth-order valence-electron chi connectivity index (χ4n) is 3.15. The Hall–Kier alpha value is -2.19. The first-order valence-electron chi connectivity index (χ1n) is 8.41. The van der Waals surface area contributed by atoms with Crippen LogP contribution >= 0.6 is 11.3 Å². The van der Waals surface area contributed by atoms with E-state index in [1.54, 1.807) is 27.5 Å². The summed E-state index contributed by atoms with van der Waals surface area (Å²) in [7, 11) is 0. The lowest BCUT2D eigenvalue weighted by Gasteiger charge is -2.35. The second-order valence-corrected chi connectivity index (χ2v) is 6.99. The number of thiazole rings is 1. The Kier molecular flexibility index (Phi) is 4.54. The number of hydrogen-bond donors (Lipinski definition) is 0. The largest absolute Gasteiger partial charge is 0.462 e. The van der Waals surface area contributed by atoms with E-state index in [1.807, 2.05) is 6.07 Å². The van der Waals surface area contributed by atoms with E-state index in [9.17, 15) is 9.59 Å². The standard InChI is InChI=1S/C17H19N3O4S/c21-16(12-11-25-15(18-12)13-3-1-9-23-13)19-5-7-20(8-6-19)17(22)14-4-2-10-24-14/h1,3,9,11,14H,2,4-8,10H2/t14-/m0/s1. The van der Waals surface area contributed by atoms with Gasteiger partial charge in [-0.3, -0.25) is 9.59 Å². The van der Waals surface area contributed by atoms with Crippen LogP contribution in [-0.2, 0) is 9.53 Å². The van der Waals surface area contributed by atoms with Gasteiger partial charge in [0, 0.05) is 38.2 Å². The van der Waals surface area contributed by atoms with Crippen molar-refractivity contribution in [2.45, 2.75) is 18.9 Å². The summed E-state index contributed by atoms with van der Waals surface area (Å²) in [6, 6.07) is 3.62. The molecule has 2 aliphatic rings. The minimum Gasteiger partial charge on any atom is -0.462 e. The van der Waals surface area contributed by atoms with Gasteiger partial charge in [0.25, 0.3) is 11.8 Å². The summed E-state index contributed by atoms with van der Waals surface area (Å²) in [4.78, 5) is 32.9. The van der Waals surface area contributed by atoms with Crippen molar-refractivity contribution in [3.63, 3.8) is 0 Å². The second-order valence-electron chi connectivity index (χ2n) is 6.13. The zero-order chi connectivity index (χ0) is 17.2. The Bertz CT molecular complexity index is 744. The third-order valence-corrected chi connectivity index (χ3v) is 5.40. The lowest BCUT2D eigenvalue weighted by Crippen LogP contribution is -2.52. The number of furan rings is 1. The SMILES string of the molecule is O=C(c1csc(-c2ccco2)n1)N1CCN(C(=O)[C@@H]2CCCO2)CC1. The Morgan fingerprint density at radius 2 is 2.00 bits per heavy atom. The van der Waals surface area contributed by atoms with Gasteiger partial charge in [0.1, 0.15) is 11.8 Å². The van der Waals surface area contributed by atoms with Gasteiger partial charge in [-0.1, -0.05) is 0 Å². The van der Waals surface area contributed by atoms with Crippen molar-refractivity contribution in [3.05, 3.63) is 29.5 Å². The van der Waals surface area contributed by atoms with Gasteiger partial charge in [-0.05, 0) is 25.0 Å². The summed E-state index contributed by atoms with van der Waals surface area (Å²) in [5.74, 6) is 0.618. The molecular formula is C17H19N3O4S. The number of aromatic nitrogens is 1. The molecule has 2 aromatic heterocycles. The Morgan fingerprint density at radius 1 is 1.20 bits per heavy atom. The highest BCUT2D eigenvalue weighted by molar-refractivity contribution is 7.13. The number of carbonyl (C=O) groups is 2. The van der Waals surface area contributed by atoms with Crippen LogP contribution in [0.5, 0.6) is 0 Å². The quantitative estimate of drug-likeness (QED) is 0.834. The Morgan fingerprint density at radius 3 is 2.68 bits per heavy atom. The van der Waals surface area contributed by atoms with Crippen LogP contribution in [0, 0.1) is 0 Å². The van der Waals surface area contributed by atoms with E-state index in [4.69, 9.17) is 9.15 Å². The van der Waals surface area contributed by atoms with E-state index in [0.29, 0.717) is 49.2 Å². The highest BCUT2D eigenvalue weighted by atomic mass is 32.1. The monoisotopic (exact) mass is 361 g/mol. The first-order chi connectivity index (χ1) is 12.2. The first kappa shape index (κ1) is 16.3. The molecule has 4 heterocycles. The predicted molar refractivity (Wildman–Crippen MR) is 91.3 cm³/mol. The number of amides is 2. The number of carbonyl (C=O) groups excluding carboxylic acids is 2. The number of piperazine rings is 1. The van der Waals surface area contributed by atoms with Crippen LogP contribution in [0.2, 0.25) is 0 Å². The van der Waals surface area contributed by atoms with Crippen LogP contribution in [0.15, 0.2) is 28.2 Å². The number of nitrogens with zero attached hydrogens (tertiary/aromatic N) is 3. The van der Waals surface area contributed by atoms with E-state index in [0.717, 1.165) is 12.8 Å². The van der Waals surface area contributed by atoms with Gasteiger partial charge in [0.2, 0.25) is 0 Å². The van der Waals surface area contributed by atoms with Gasteiger partial charge in [-0.25, -0.2) is 4.98 Å². The van der Waals surface area contributed by atoms with E-state index < -0.39 is 0 Å². The maximum absolute atomic E-state index is 12.6. The van der Waals surface area contributed by atoms with E-state index in [-0.39, 0.29) is 17.9 Å². The van der Waals surface area contributed by atoms with Gasteiger partial charge >= 0.3 is 0 Å². The van der Waals surface area contributed by atoms with Gasteiger partial charge < -0.3 is 19.0 Å². The van der Waals surface area contributed by atoms with Crippen LogP contribution in [0.3, 0.4) is 0 Å². The molecule has 7 nitrogen and oxygen atoms in total. The average molecular weight is 361 g/mol. The molecule has 2 aliphatic heterocycles. The third kappa shape index (κ3) is 3.32. The molecule has 0 N–H and O–H groups in total. The molecule has 2 aromatic rings. The second kappa shape index (κ2) is 6.97. The predicted octanol–water partition coefficient (Wildman–Crippen LogP) is 1.87. The molecule has 8 heteroatoms. The van der Waals surface area contributed by atoms with E-state index in [1.165, 1.54) is 11.3 Å². The maximum atomic E-state index is 12.6. The molecule has 1 atom stereocenters. The van der Waals surface area contributed by atoms with Crippen LogP contribution in [0.4, 0.5) is 0 Å². The minimum atomic E-state index is -0.295. The highest BCUT2D eigenvalue weighted by Gasteiger charge is 2.32. The number of ether oxygens (including phenoxy) is 1. The fraction of sp³-hybridized carbons (Fsp3) is 0.471.